The quantitative estimate of drug-likeness (QED) is 0.416. The summed E-state index contributed by atoms with van der Waals surface area (Å²) in [6.45, 7) is 1.50. The molecular formula is C15H29BrN2O. The molecule has 4 heteroatoms. The molecule has 112 valence electrons. The first kappa shape index (κ1) is 18.7. The van der Waals surface area contributed by atoms with Crippen molar-refractivity contribution in [2.24, 2.45) is 0 Å². The van der Waals surface area contributed by atoms with Crippen LogP contribution in [0.4, 0.5) is 0 Å². The van der Waals surface area contributed by atoms with E-state index < -0.39 is 0 Å². The predicted octanol–water partition coefficient (Wildman–Crippen LogP) is 0.200. The Morgan fingerprint density at radius 3 is 1.79 bits per heavy atom. The molecule has 0 radical (unpaired) electrons. The number of aromatic nitrogens is 2. The van der Waals surface area contributed by atoms with Gasteiger partial charge in [0.05, 0.1) is 6.54 Å². The minimum Gasteiger partial charge on any atom is -1.00 e. The van der Waals surface area contributed by atoms with E-state index in [-0.39, 0.29) is 17.0 Å². The highest BCUT2D eigenvalue weighted by molar-refractivity contribution is 4.55. The van der Waals surface area contributed by atoms with Gasteiger partial charge in [0.2, 0.25) is 6.33 Å². The molecule has 0 fully saturated rings. The smallest absolute Gasteiger partial charge is 0.241 e. The summed E-state index contributed by atoms with van der Waals surface area (Å²) in [5.74, 6) is 0. The number of rotatable bonds is 12. The van der Waals surface area contributed by atoms with Crippen molar-refractivity contribution in [3.8, 4) is 0 Å². The molecule has 0 bridgehead atoms. The largest absolute Gasteiger partial charge is 1.00 e. The number of halogens is 1. The molecule has 0 aliphatic heterocycles. The maximum atomic E-state index is 8.65. The third-order valence-electron chi connectivity index (χ3n) is 3.43. The van der Waals surface area contributed by atoms with Gasteiger partial charge in [-0.15, -0.1) is 0 Å². The lowest BCUT2D eigenvalue weighted by molar-refractivity contribution is -0.696. The van der Waals surface area contributed by atoms with Crippen LogP contribution >= 0.6 is 0 Å². The van der Waals surface area contributed by atoms with Crippen molar-refractivity contribution in [2.45, 2.75) is 70.8 Å². The second kappa shape index (κ2) is 14.1. The van der Waals surface area contributed by atoms with E-state index in [2.05, 4.69) is 15.7 Å². The molecule has 3 nitrogen and oxygen atoms in total. The number of nitrogens with zero attached hydrogens (tertiary/aromatic N) is 1. The number of H-pyrrole nitrogens is 1. The molecule has 0 saturated heterocycles. The van der Waals surface area contributed by atoms with Crippen LogP contribution in [0.1, 0.15) is 64.2 Å². The summed E-state index contributed by atoms with van der Waals surface area (Å²) in [5.41, 5.74) is 0. The minimum atomic E-state index is 0. The molecule has 1 aromatic rings. The molecule has 1 rings (SSSR count). The SMILES string of the molecule is OCCCCCCCCCCCC[n+]1cc[nH]c1.[Br-]. The zero-order chi connectivity index (χ0) is 12.9. The van der Waals surface area contributed by atoms with Crippen molar-refractivity contribution in [2.75, 3.05) is 6.61 Å². The minimum absolute atomic E-state index is 0. The third kappa shape index (κ3) is 11.2. The normalized spacial score (nSPS) is 10.4. The lowest BCUT2D eigenvalue weighted by Gasteiger charge is -2.01. The Morgan fingerprint density at radius 1 is 0.789 bits per heavy atom. The van der Waals surface area contributed by atoms with Crippen molar-refractivity contribution in [1.29, 1.82) is 0 Å². The maximum absolute atomic E-state index is 8.65. The van der Waals surface area contributed by atoms with Gasteiger partial charge in [0.25, 0.3) is 0 Å². The number of hydrogen-bond acceptors (Lipinski definition) is 1. The van der Waals surface area contributed by atoms with Crippen LogP contribution in [0.3, 0.4) is 0 Å². The van der Waals surface area contributed by atoms with E-state index in [1.807, 2.05) is 12.5 Å². The van der Waals surface area contributed by atoms with Crippen LogP contribution in [0.5, 0.6) is 0 Å². The number of hydrogen-bond donors (Lipinski definition) is 2. The number of aliphatic hydroxyl groups excluding tert-OH is 1. The molecule has 19 heavy (non-hydrogen) atoms. The van der Waals surface area contributed by atoms with Gasteiger partial charge in [-0.05, 0) is 19.3 Å². The highest BCUT2D eigenvalue weighted by Crippen LogP contribution is 2.10. The Balaban J connectivity index is 0.00000324. The van der Waals surface area contributed by atoms with Gasteiger partial charge in [-0.1, -0.05) is 44.9 Å². The van der Waals surface area contributed by atoms with Gasteiger partial charge in [-0.3, -0.25) is 4.98 Å². The fourth-order valence-electron chi connectivity index (χ4n) is 2.28. The first-order chi connectivity index (χ1) is 8.93. The summed E-state index contributed by atoms with van der Waals surface area (Å²) in [7, 11) is 0. The van der Waals surface area contributed by atoms with Crippen LogP contribution in [0.2, 0.25) is 0 Å². The lowest BCUT2D eigenvalue weighted by Crippen LogP contribution is -3.00. The zero-order valence-electron chi connectivity index (χ0n) is 12.0. The molecule has 0 saturated carbocycles. The van der Waals surface area contributed by atoms with Crippen molar-refractivity contribution in [1.82, 2.24) is 4.98 Å². The maximum Gasteiger partial charge on any atom is 0.241 e. The van der Waals surface area contributed by atoms with Gasteiger partial charge in [0.1, 0.15) is 12.4 Å². The van der Waals surface area contributed by atoms with Gasteiger partial charge < -0.3 is 22.1 Å². The molecule has 0 aliphatic rings. The predicted molar refractivity (Wildman–Crippen MR) is 74.2 cm³/mol. The summed E-state index contributed by atoms with van der Waals surface area (Å²) < 4.78 is 2.21. The van der Waals surface area contributed by atoms with Crippen molar-refractivity contribution >= 4 is 0 Å². The van der Waals surface area contributed by atoms with Gasteiger partial charge in [-0.25, -0.2) is 4.57 Å². The van der Waals surface area contributed by atoms with E-state index in [1.54, 1.807) is 0 Å². The molecule has 0 atom stereocenters. The van der Waals surface area contributed by atoms with Crippen LogP contribution in [-0.2, 0) is 6.54 Å². The van der Waals surface area contributed by atoms with E-state index in [1.165, 1.54) is 57.8 Å². The zero-order valence-corrected chi connectivity index (χ0v) is 13.6. The molecule has 1 aromatic heterocycles. The van der Waals surface area contributed by atoms with E-state index in [0.717, 1.165) is 13.0 Å². The monoisotopic (exact) mass is 332 g/mol. The van der Waals surface area contributed by atoms with Gasteiger partial charge in [0.15, 0.2) is 0 Å². The van der Waals surface area contributed by atoms with Crippen LogP contribution in [0.15, 0.2) is 18.7 Å². The number of aryl methyl sites for hydroxylation is 1. The first-order valence-corrected chi connectivity index (χ1v) is 7.56. The number of unbranched alkanes of at least 4 members (excludes halogenated alkanes) is 9. The molecule has 1 heterocycles. The summed E-state index contributed by atoms with van der Waals surface area (Å²) in [6, 6.07) is 0. The summed E-state index contributed by atoms with van der Waals surface area (Å²) in [4.78, 5) is 3.07. The number of nitrogens with one attached hydrogen (secondary N) is 1. The standard InChI is InChI=1S/C15H28N2O.BrH/c18-14-10-8-6-4-2-1-3-5-7-9-12-17-13-11-16-15-17;/h11,13,15,18H,1-10,12,14H2;1H. The van der Waals surface area contributed by atoms with Crippen molar-refractivity contribution < 1.29 is 26.7 Å². The summed E-state index contributed by atoms with van der Waals surface area (Å²) in [5, 5.41) is 8.65. The Labute approximate surface area is 128 Å². The molecular weight excluding hydrogens is 304 g/mol. The summed E-state index contributed by atoms with van der Waals surface area (Å²) in [6.07, 6.45) is 19.1. The highest BCUT2D eigenvalue weighted by Gasteiger charge is 1.96. The second-order valence-electron chi connectivity index (χ2n) is 5.11. The van der Waals surface area contributed by atoms with Crippen LogP contribution in [0.25, 0.3) is 0 Å². The van der Waals surface area contributed by atoms with Gasteiger partial charge >= 0.3 is 0 Å². The Morgan fingerprint density at radius 2 is 1.32 bits per heavy atom. The van der Waals surface area contributed by atoms with Crippen LogP contribution in [0, 0.1) is 0 Å². The van der Waals surface area contributed by atoms with E-state index in [9.17, 15) is 0 Å². The molecule has 0 amide bonds. The Bertz CT molecular complexity index is 265. The number of imidazole rings is 1. The second-order valence-corrected chi connectivity index (χ2v) is 5.11. The average molecular weight is 333 g/mol. The van der Waals surface area contributed by atoms with Gasteiger partial charge in [-0.2, -0.15) is 0 Å². The number of aromatic amines is 1. The number of aliphatic hydroxyl groups is 1. The Hall–Kier alpha value is -0.350. The van der Waals surface area contributed by atoms with E-state index in [0.29, 0.717) is 6.61 Å². The van der Waals surface area contributed by atoms with Crippen molar-refractivity contribution in [3.05, 3.63) is 18.7 Å². The average Bonchev–Trinajstić information content (AvgIpc) is 2.89. The topological polar surface area (TPSA) is 39.9 Å². The molecule has 0 aliphatic carbocycles. The molecule has 0 spiro atoms. The van der Waals surface area contributed by atoms with Crippen LogP contribution in [-0.4, -0.2) is 16.7 Å². The van der Waals surface area contributed by atoms with E-state index in [4.69, 9.17) is 5.11 Å². The third-order valence-corrected chi connectivity index (χ3v) is 3.43. The van der Waals surface area contributed by atoms with Gasteiger partial charge in [0, 0.05) is 6.61 Å². The lowest BCUT2D eigenvalue weighted by atomic mass is 10.1. The molecule has 0 aromatic carbocycles. The fourth-order valence-corrected chi connectivity index (χ4v) is 2.28. The fraction of sp³-hybridized carbons (Fsp3) is 0.800. The van der Waals surface area contributed by atoms with E-state index >= 15 is 0 Å². The summed E-state index contributed by atoms with van der Waals surface area (Å²) >= 11 is 0. The first-order valence-electron chi connectivity index (χ1n) is 7.56. The van der Waals surface area contributed by atoms with Crippen molar-refractivity contribution in [3.63, 3.8) is 0 Å². The molecule has 0 unspecified atom stereocenters. The van der Waals surface area contributed by atoms with Crippen LogP contribution < -0.4 is 21.5 Å². The Kier molecular flexibility index (Phi) is 13.8. The highest BCUT2D eigenvalue weighted by atomic mass is 79.9. The molecule has 2 N–H and O–H groups in total.